The minimum absolute atomic E-state index is 0.0574. The molecule has 1 aromatic heterocycles. The summed E-state index contributed by atoms with van der Waals surface area (Å²) in [6.45, 7) is 15.4. The van der Waals surface area contributed by atoms with Crippen LogP contribution in [0.4, 0.5) is 17.3 Å². The smallest absolute Gasteiger partial charge is 0.323 e. The highest BCUT2D eigenvalue weighted by Gasteiger charge is 2.30. The standard InChI is InChI=1S/C31H48N7O7P/c1-19(27(40)44-30(3,4)5)36-46(37-20(2)28(41)45-31(6,7)8)18-22-12-10-11-21(15-22)16-38-17-23(39)33-24-25(32)34-29(35-26(24)38)43-14-13-42-9/h10-12,15,19-20,36-37H,13-14,16-18H2,1-9H3,(H,33,39)(H2,32,34,35). The summed E-state index contributed by atoms with van der Waals surface area (Å²) < 4.78 is 21.8. The molecule has 3 rings (SSSR count). The Morgan fingerprint density at radius 1 is 1.00 bits per heavy atom. The topological polar surface area (TPSA) is 179 Å². The van der Waals surface area contributed by atoms with Crippen molar-refractivity contribution in [1.82, 2.24) is 20.1 Å². The zero-order valence-electron chi connectivity index (χ0n) is 28.2. The number of rotatable bonds is 14. The molecule has 0 bridgehead atoms. The highest BCUT2D eigenvalue weighted by Crippen LogP contribution is 2.36. The first kappa shape index (κ1) is 36.9. The van der Waals surface area contributed by atoms with Crippen LogP contribution in [0.3, 0.4) is 0 Å². The Hall–Kier alpha value is -3.58. The van der Waals surface area contributed by atoms with Gasteiger partial charge in [-0.3, -0.25) is 24.6 Å². The van der Waals surface area contributed by atoms with Crippen molar-refractivity contribution >= 4 is 43.4 Å². The molecule has 46 heavy (non-hydrogen) atoms. The fourth-order valence-electron chi connectivity index (χ4n) is 4.34. The number of nitrogens with two attached hydrogens (primary N) is 1. The van der Waals surface area contributed by atoms with Crippen molar-refractivity contribution in [1.29, 1.82) is 0 Å². The Labute approximate surface area is 272 Å². The van der Waals surface area contributed by atoms with E-state index in [1.807, 2.05) is 70.7 Å². The molecule has 0 fully saturated rings. The van der Waals surface area contributed by atoms with Gasteiger partial charge in [0.2, 0.25) is 5.91 Å². The van der Waals surface area contributed by atoms with E-state index in [1.54, 1.807) is 21.0 Å². The molecule has 1 aliphatic heterocycles. The van der Waals surface area contributed by atoms with Crippen molar-refractivity contribution in [3.8, 4) is 6.01 Å². The van der Waals surface area contributed by atoms with E-state index in [2.05, 4.69) is 25.5 Å². The second-order valence-electron chi connectivity index (χ2n) is 13.0. The number of nitrogens with zero attached hydrogens (tertiary/aromatic N) is 3. The molecular weight excluding hydrogens is 613 g/mol. The molecule has 14 nitrogen and oxygen atoms in total. The number of aromatic nitrogens is 2. The third-order valence-corrected chi connectivity index (χ3v) is 8.32. The van der Waals surface area contributed by atoms with Crippen molar-refractivity contribution in [3.05, 3.63) is 35.4 Å². The van der Waals surface area contributed by atoms with E-state index in [9.17, 15) is 14.4 Å². The number of amides is 1. The number of esters is 2. The van der Waals surface area contributed by atoms with Gasteiger partial charge in [-0.05, 0) is 66.5 Å². The third kappa shape index (κ3) is 11.7. The average Bonchev–Trinajstić information content (AvgIpc) is 2.92. The lowest BCUT2D eigenvalue weighted by Gasteiger charge is -2.31. The largest absolute Gasteiger partial charge is 0.461 e. The van der Waals surface area contributed by atoms with Crippen LogP contribution >= 0.6 is 8.22 Å². The molecule has 2 aromatic rings. The summed E-state index contributed by atoms with van der Waals surface area (Å²) >= 11 is 0. The molecule has 15 heteroatoms. The van der Waals surface area contributed by atoms with E-state index in [0.717, 1.165) is 11.1 Å². The van der Waals surface area contributed by atoms with Gasteiger partial charge in [0, 0.05) is 28.0 Å². The molecule has 1 aliphatic rings. The lowest BCUT2D eigenvalue weighted by atomic mass is 10.1. The quantitative estimate of drug-likeness (QED) is 0.131. The van der Waals surface area contributed by atoms with Crippen molar-refractivity contribution < 1.29 is 33.3 Å². The van der Waals surface area contributed by atoms with Gasteiger partial charge in [0.05, 0.1) is 13.2 Å². The first-order valence-corrected chi connectivity index (χ1v) is 16.6. The van der Waals surface area contributed by atoms with Crippen LogP contribution in [0.1, 0.15) is 66.5 Å². The third-order valence-electron chi connectivity index (χ3n) is 6.24. The minimum Gasteiger partial charge on any atom is -0.461 e. The molecule has 0 spiro atoms. The maximum Gasteiger partial charge on any atom is 0.323 e. The lowest BCUT2D eigenvalue weighted by Crippen LogP contribution is -2.43. The van der Waals surface area contributed by atoms with E-state index in [1.165, 1.54) is 0 Å². The monoisotopic (exact) mass is 661 g/mol. The maximum absolute atomic E-state index is 12.8. The van der Waals surface area contributed by atoms with Gasteiger partial charge in [0.1, 0.15) is 35.6 Å². The van der Waals surface area contributed by atoms with Crippen LogP contribution in [-0.4, -0.2) is 78.0 Å². The summed E-state index contributed by atoms with van der Waals surface area (Å²) in [6.07, 6.45) is 0.479. The highest BCUT2D eigenvalue weighted by molar-refractivity contribution is 7.52. The first-order valence-electron chi connectivity index (χ1n) is 15.1. The van der Waals surface area contributed by atoms with Crippen molar-refractivity contribution in [2.45, 2.75) is 91.4 Å². The van der Waals surface area contributed by atoms with Gasteiger partial charge in [-0.15, -0.1) is 0 Å². The normalized spacial score (nSPS) is 15.3. The number of hydrogen-bond donors (Lipinski definition) is 4. The molecule has 0 radical (unpaired) electrons. The number of carbonyl (C=O) groups excluding carboxylic acids is 3. The fraction of sp³-hybridized carbons (Fsp3) is 0.581. The zero-order valence-corrected chi connectivity index (χ0v) is 29.1. The van der Waals surface area contributed by atoms with E-state index >= 15 is 0 Å². The number of benzene rings is 1. The lowest BCUT2D eigenvalue weighted by molar-refractivity contribution is -0.157. The molecule has 0 saturated carbocycles. The summed E-state index contributed by atoms with van der Waals surface area (Å²) in [6, 6.07) is 6.67. The number of nitrogen functional groups attached to an aromatic ring is 1. The van der Waals surface area contributed by atoms with Gasteiger partial charge in [-0.1, -0.05) is 24.3 Å². The number of methoxy groups -OCH3 is 1. The molecule has 0 saturated heterocycles. The number of nitrogens with one attached hydrogen (secondary N) is 3. The molecule has 2 unspecified atom stereocenters. The predicted octanol–water partition coefficient (Wildman–Crippen LogP) is 3.49. The Balaban J connectivity index is 1.83. The molecule has 2 atom stereocenters. The second-order valence-corrected chi connectivity index (χ2v) is 14.7. The van der Waals surface area contributed by atoms with Crippen molar-refractivity contribution in [2.24, 2.45) is 0 Å². The van der Waals surface area contributed by atoms with Gasteiger partial charge >= 0.3 is 17.9 Å². The van der Waals surface area contributed by atoms with Crippen LogP contribution in [-0.2, 0) is 41.3 Å². The van der Waals surface area contributed by atoms with E-state index < -0.39 is 43.4 Å². The summed E-state index contributed by atoms with van der Waals surface area (Å²) in [5, 5.41) is 9.45. The van der Waals surface area contributed by atoms with E-state index in [-0.39, 0.29) is 30.9 Å². The van der Waals surface area contributed by atoms with Gasteiger partial charge in [-0.2, -0.15) is 9.97 Å². The zero-order chi connectivity index (χ0) is 34.2. The summed E-state index contributed by atoms with van der Waals surface area (Å²) in [4.78, 5) is 48.7. The Bertz CT molecular complexity index is 1340. The van der Waals surface area contributed by atoms with Crippen molar-refractivity contribution in [2.75, 3.05) is 42.8 Å². The molecule has 1 aromatic carbocycles. The van der Waals surface area contributed by atoms with Gasteiger partial charge < -0.3 is 34.9 Å². The summed E-state index contributed by atoms with van der Waals surface area (Å²) in [7, 11) is 0.260. The molecular formula is C31H48N7O7P. The van der Waals surface area contributed by atoms with E-state index in [4.69, 9.17) is 24.7 Å². The molecule has 5 N–H and O–H groups in total. The Kier molecular flexibility index (Phi) is 12.7. The highest BCUT2D eigenvalue weighted by atomic mass is 31.1. The number of fused-ring (bicyclic) bond motifs is 1. The summed E-state index contributed by atoms with van der Waals surface area (Å²) in [5.41, 5.74) is 7.06. The molecule has 2 heterocycles. The van der Waals surface area contributed by atoms with Crippen LogP contribution < -0.4 is 30.9 Å². The minimum atomic E-state index is -1.30. The number of ether oxygens (including phenoxy) is 4. The van der Waals surface area contributed by atoms with E-state index in [0.29, 0.717) is 30.8 Å². The van der Waals surface area contributed by atoms with Crippen LogP contribution in [0.25, 0.3) is 0 Å². The first-order chi connectivity index (χ1) is 21.4. The van der Waals surface area contributed by atoms with Crippen LogP contribution in [0.5, 0.6) is 6.01 Å². The SMILES string of the molecule is COCCOc1nc(N)c2c(n1)N(Cc1cccc(CP(NC(C)C(=O)OC(C)(C)C)NC(C)C(=O)OC(C)(C)C)c1)CC(=O)N2. The molecule has 254 valence electrons. The van der Waals surface area contributed by atoms with Crippen LogP contribution in [0, 0.1) is 0 Å². The predicted molar refractivity (Wildman–Crippen MR) is 177 cm³/mol. The van der Waals surface area contributed by atoms with Gasteiger partial charge in [0.25, 0.3) is 0 Å². The molecule has 0 aliphatic carbocycles. The molecule has 1 amide bonds. The number of anilines is 3. The summed E-state index contributed by atoms with van der Waals surface area (Å²) in [5.74, 6) is -0.474. The Morgan fingerprint density at radius 3 is 2.15 bits per heavy atom. The van der Waals surface area contributed by atoms with Crippen LogP contribution in [0.2, 0.25) is 0 Å². The fourth-order valence-corrected chi connectivity index (χ4v) is 6.31. The van der Waals surface area contributed by atoms with Gasteiger partial charge in [0.15, 0.2) is 11.6 Å². The number of hydrogen-bond acceptors (Lipinski definition) is 13. The Morgan fingerprint density at radius 2 is 1.59 bits per heavy atom. The maximum atomic E-state index is 12.8. The van der Waals surface area contributed by atoms with Gasteiger partial charge in [-0.25, -0.2) is 0 Å². The van der Waals surface area contributed by atoms with Crippen LogP contribution in [0.15, 0.2) is 24.3 Å². The number of carbonyl (C=O) groups is 3. The average molecular weight is 662 g/mol. The van der Waals surface area contributed by atoms with Crippen molar-refractivity contribution in [3.63, 3.8) is 0 Å². The second kappa shape index (κ2) is 15.8.